The smallest absolute Gasteiger partial charge is 0.169 e. The number of Topliss-reactive ketones (excluding diaryl/α,β-unsaturated/α-hetero) is 1. The maximum Gasteiger partial charge on any atom is 0.169 e. The Morgan fingerprint density at radius 2 is 1.28 bits per heavy atom. The Hall–Kier alpha value is -3.50. The molecule has 4 aromatic rings. The number of H-pyrrole nitrogens is 1. The topological polar surface area (TPSA) is 71.8 Å². The molecule has 0 bridgehead atoms. The minimum atomic E-state index is -0.997. The molecule has 0 spiro atoms. The average molecular weight is 381 g/mol. The van der Waals surface area contributed by atoms with Gasteiger partial charge in [0.1, 0.15) is 5.41 Å². The number of aromatic amines is 1. The van der Waals surface area contributed by atoms with Crippen LogP contribution in [0.3, 0.4) is 0 Å². The predicted octanol–water partition coefficient (Wildman–Crippen LogP) is 3.88. The Morgan fingerprint density at radius 1 is 0.828 bits per heavy atom. The number of carbonyl (C=O) groups excluding carboxylic acids is 1. The molecular weight excluding hydrogens is 358 g/mol. The van der Waals surface area contributed by atoms with E-state index < -0.39 is 11.5 Å². The van der Waals surface area contributed by atoms with Crippen molar-refractivity contribution in [1.29, 1.82) is 0 Å². The predicted molar refractivity (Wildman–Crippen MR) is 114 cm³/mol. The number of nitrogens with one attached hydrogen (secondary N) is 1. The van der Waals surface area contributed by atoms with E-state index in [2.05, 4.69) is 9.97 Å². The van der Waals surface area contributed by atoms with Gasteiger partial charge in [0.25, 0.3) is 0 Å². The first-order valence-corrected chi connectivity index (χ1v) is 9.66. The lowest BCUT2D eigenvalue weighted by atomic mass is 9.65. The number of nitrogens with two attached hydrogens (primary N) is 1. The van der Waals surface area contributed by atoms with E-state index in [1.54, 1.807) is 12.5 Å². The fraction of sp³-hybridized carbons (Fsp3) is 0.120. The maximum absolute atomic E-state index is 14.1. The van der Waals surface area contributed by atoms with Crippen molar-refractivity contribution in [2.45, 2.75) is 17.9 Å². The van der Waals surface area contributed by atoms with Crippen LogP contribution >= 0.6 is 0 Å². The molecular formula is C25H23N3O. The molecule has 29 heavy (non-hydrogen) atoms. The van der Waals surface area contributed by atoms with E-state index in [9.17, 15) is 4.79 Å². The van der Waals surface area contributed by atoms with E-state index in [-0.39, 0.29) is 5.78 Å². The Labute approximate surface area is 170 Å². The molecule has 0 unspecified atom stereocenters. The third-order valence-electron chi connectivity index (χ3n) is 5.32. The summed E-state index contributed by atoms with van der Waals surface area (Å²) in [5.41, 5.74) is 9.07. The average Bonchev–Trinajstić information content (AvgIpc) is 3.29. The number of benzene rings is 3. The molecule has 1 atom stereocenters. The van der Waals surface area contributed by atoms with Gasteiger partial charge in [-0.2, -0.15) is 0 Å². The van der Waals surface area contributed by atoms with Crippen LogP contribution in [0.15, 0.2) is 104 Å². The Kier molecular flexibility index (Phi) is 5.36. The first-order valence-electron chi connectivity index (χ1n) is 9.66. The second-order valence-corrected chi connectivity index (χ2v) is 7.10. The minimum absolute atomic E-state index is 0.0456. The van der Waals surface area contributed by atoms with Crippen molar-refractivity contribution < 1.29 is 4.79 Å². The number of hydrogen-bond donors (Lipinski definition) is 2. The van der Waals surface area contributed by atoms with Crippen LogP contribution < -0.4 is 5.73 Å². The Bertz CT molecular complexity index is 949. The van der Waals surface area contributed by atoms with E-state index in [1.807, 2.05) is 91.0 Å². The number of aromatic nitrogens is 2. The third-order valence-corrected chi connectivity index (χ3v) is 5.32. The number of hydrogen-bond acceptors (Lipinski definition) is 3. The van der Waals surface area contributed by atoms with Crippen molar-refractivity contribution in [2.24, 2.45) is 5.73 Å². The van der Waals surface area contributed by atoms with Crippen LogP contribution in [0.1, 0.15) is 22.4 Å². The van der Waals surface area contributed by atoms with Crippen LogP contribution in [0.2, 0.25) is 0 Å². The van der Waals surface area contributed by atoms with Crippen molar-refractivity contribution in [3.63, 3.8) is 0 Å². The summed E-state index contributed by atoms with van der Waals surface area (Å²) in [7, 11) is 0. The standard InChI is InChI=1S/C25H23N3O/c26-23(16-22-17-27-18-28-22)24(29)25(19-10-4-1-5-11-19,20-12-6-2-7-13-20)21-14-8-3-9-15-21/h1-15,17-18,23H,16,26H2,(H,27,28)/t23-/m0/s1. The second kappa shape index (κ2) is 8.25. The molecule has 0 saturated carbocycles. The highest BCUT2D eigenvalue weighted by Crippen LogP contribution is 2.41. The highest BCUT2D eigenvalue weighted by Gasteiger charge is 2.45. The van der Waals surface area contributed by atoms with Crippen LogP contribution in [-0.4, -0.2) is 21.8 Å². The SMILES string of the molecule is N[C@@H](Cc1cnc[nH]1)C(=O)C(c1ccccc1)(c1ccccc1)c1ccccc1. The van der Waals surface area contributed by atoms with Gasteiger partial charge in [-0.1, -0.05) is 91.0 Å². The fourth-order valence-electron chi connectivity index (χ4n) is 4.00. The second-order valence-electron chi connectivity index (χ2n) is 7.10. The van der Waals surface area contributed by atoms with Gasteiger partial charge < -0.3 is 10.7 Å². The minimum Gasteiger partial charge on any atom is -0.348 e. The van der Waals surface area contributed by atoms with Gasteiger partial charge in [0, 0.05) is 18.3 Å². The summed E-state index contributed by atoms with van der Waals surface area (Å²) in [6, 6.07) is 29.0. The first kappa shape index (κ1) is 18.8. The highest BCUT2D eigenvalue weighted by atomic mass is 16.1. The van der Waals surface area contributed by atoms with E-state index >= 15 is 0 Å². The molecule has 4 heteroatoms. The quantitative estimate of drug-likeness (QED) is 0.477. The normalized spacial score (nSPS) is 12.4. The summed E-state index contributed by atoms with van der Waals surface area (Å²) < 4.78 is 0. The van der Waals surface area contributed by atoms with E-state index in [0.29, 0.717) is 6.42 Å². The fourth-order valence-corrected chi connectivity index (χ4v) is 4.00. The van der Waals surface area contributed by atoms with E-state index in [0.717, 1.165) is 22.4 Å². The molecule has 0 saturated heterocycles. The van der Waals surface area contributed by atoms with Crippen molar-refractivity contribution in [2.75, 3.05) is 0 Å². The molecule has 144 valence electrons. The van der Waals surface area contributed by atoms with E-state index in [1.165, 1.54) is 0 Å². The van der Waals surface area contributed by atoms with Gasteiger partial charge in [-0.3, -0.25) is 4.79 Å². The first-order chi connectivity index (χ1) is 14.2. The van der Waals surface area contributed by atoms with Crippen molar-refractivity contribution in [3.05, 3.63) is 126 Å². The molecule has 0 radical (unpaired) electrons. The molecule has 4 nitrogen and oxygen atoms in total. The molecule has 1 heterocycles. The molecule has 1 aromatic heterocycles. The van der Waals surface area contributed by atoms with Crippen LogP contribution in [0.4, 0.5) is 0 Å². The van der Waals surface area contributed by atoms with Gasteiger partial charge in [-0.25, -0.2) is 4.98 Å². The lowest BCUT2D eigenvalue weighted by Gasteiger charge is -2.36. The van der Waals surface area contributed by atoms with Crippen molar-refractivity contribution >= 4 is 5.78 Å². The van der Waals surface area contributed by atoms with Crippen molar-refractivity contribution in [3.8, 4) is 0 Å². The van der Waals surface area contributed by atoms with Crippen LogP contribution in [0.5, 0.6) is 0 Å². The summed E-state index contributed by atoms with van der Waals surface area (Å²) in [4.78, 5) is 21.2. The van der Waals surface area contributed by atoms with Gasteiger partial charge >= 0.3 is 0 Å². The zero-order chi connectivity index (χ0) is 20.1. The third kappa shape index (κ3) is 3.50. The maximum atomic E-state index is 14.1. The zero-order valence-electron chi connectivity index (χ0n) is 16.0. The number of rotatable bonds is 7. The van der Waals surface area contributed by atoms with Crippen LogP contribution in [0.25, 0.3) is 0 Å². The summed E-state index contributed by atoms with van der Waals surface area (Å²) in [6.45, 7) is 0. The molecule has 3 aromatic carbocycles. The highest BCUT2D eigenvalue weighted by molar-refractivity contribution is 6.01. The van der Waals surface area contributed by atoms with Gasteiger partial charge in [-0.05, 0) is 16.7 Å². The van der Waals surface area contributed by atoms with E-state index in [4.69, 9.17) is 5.73 Å². The summed E-state index contributed by atoms with van der Waals surface area (Å²) in [5.74, 6) is -0.0456. The lowest BCUT2D eigenvalue weighted by Crippen LogP contribution is -2.49. The zero-order valence-corrected chi connectivity index (χ0v) is 16.0. The molecule has 0 aliphatic carbocycles. The van der Waals surface area contributed by atoms with Gasteiger partial charge in [0.15, 0.2) is 5.78 Å². The number of imidazole rings is 1. The number of carbonyl (C=O) groups is 1. The summed E-state index contributed by atoms with van der Waals surface area (Å²) in [6.07, 6.45) is 3.71. The van der Waals surface area contributed by atoms with Gasteiger partial charge in [-0.15, -0.1) is 0 Å². The molecule has 0 aliphatic rings. The van der Waals surface area contributed by atoms with Crippen molar-refractivity contribution in [1.82, 2.24) is 9.97 Å². The largest absolute Gasteiger partial charge is 0.348 e. The molecule has 3 N–H and O–H groups in total. The number of nitrogens with zero attached hydrogens (tertiary/aromatic N) is 1. The van der Waals surface area contributed by atoms with Crippen LogP contribution in [0, 0.1) is 0 Å². The Balaban J connectivity index is 1.93. The number of ketones is 1. The van der Waals surface area contributed by atoms with Crippen LogP contribution in [-0.2, 0) is 16.6 Å². The molecule has 0 fully saturated rings. The van der Waals surface area contributed by atoms with Gasteiger partial charge in [0.05, 0.1) is 12.4 Å². The lowest BCUT2D eigenvalue weighted by molar-refractivity contribution is -0.123. The summed E-state index contributed by atoms with van der Waals surface area (Å²) in [5, 5.41) is 0. The monoisotopic (exact) mass is 381 g/mol. The molecule has 0 aliphatic heterocycles. The summed E-state index contributed by atoms with van der Waals surface area (Å²) >= 11 is 0. The van der Waals surface area contributed by atoms with Gasteiger partial charge in [0.2, 0.25) is 0 Å². The molecule has 4 rings (SSSR count). The molecule has 0 amide bonds. The Morgan fingerprint density at radius 3 is 1.66 bits per heavy atom.